The molecule has 6 nitrogen and oxygen atoms in total. The summed E-state index contributed by atoms with van der Waals surface area (Å²) in [6.07, 6.45) is 0.775. The molecule has 1 fully saturated rings. The zero-order valence-corrected chi connectivity index (χ0v) is 19.1. The average Bonchev–Trinajstić information content (AvgIpc) is 3.22. The zero-order valence-electron chi connectivity index (χ0n) is 19.1. The molecule has 3 rings (SSSR count). The number of aliphatic hydroxyl groups excluding tert-OH is 1. The molecule has 2 aromatic carbocycles. The number of hydrogen-bond acceptors (Lipinski definition) is 6. The third kappa shape index (κ3) is 6.84. The molecule has 6 atom stereocenters. The maximum atomic E-state index is 9.98. The number of methoxy groups -OCH3 is 1. The van der Waals surface area contributed by atoms with Crippen LogP contribution in [0.15, 0.2) is 86.0 Å². The summed E-state index contributed by atoms with van der Waals surface area (Å²) < 4.78 is 30.4. The summed E-state index contributed by atoms with van der Waals surface area (Å²) in [5.41, 5.74) is 2.08. The maximum absolute atomic E-state index is 9.98. The van der Waals surface area contributed by atoms with Gasteiger partial charge in [-0.15, -0.1) is 13.2 Å². The van der Waals surface area contributed by atoms with Crippen LogP contribution in [0.5, 0.6) is 0 Å². The Morgan fingerprint density at radius 1 is 0.939 bits per heavy atom. The van der Waals surface area contributed by atoms with Crippen molar-refractivity contribution in [3.05, 3.63) is 97.1 Å². The van der Waals surface area contributed by atoms with Crippen LogP contribution in [0.3, 0.4) is 0 Å². The molecule has 0 aromatic heterocycles. The topological polar surface area (TPSA) is 66.4 Å². The van der Waals surface area contributed by atoms with Gasteiger partial charge in [0.25, 0.3) is 0 Å². The first kappa shape index (κ1) is 25.3. The van der Waals surface area contributed by atoms with Crippen LogP contribution in [-0.4, -0.2) is 56.1 Å². The van der Waals surface area contributed by atoms with Crippen molar-refractivity contribution in [1.82, 2.24) is 0 Å². The standard InChI is InChI=1S/C27H34O6/c1-4-16-30-23(17-28)22(5-2)24-25(31-18-20-12-8-6-9-13-20)26(27(29-3)33-24)32-19-21-14-10-7-11-15-21/h4-15,22-28H,1-2,16-19H2,3H3/t22-,23+,24-,25-,26-,27-/m1/s1. The van der Waals surface area contributed by atoms with E-state index in [1.165, 1.54) is 0 Å². The van der Waals surface area contributed by atoms with Crippen LogP contribution in [0.4, 0.5) is 0 Å². The Balaban J connectivity index is 1.83. The second kappa shape index (κ2) is 13.4. The van der Waals surface area contributed by atoms with Crippen molar-refractivity contribution >= 4 is 0 Å². The van der Waals surface area contributed by atoms with Gasteiger partial charge in [-0.3, -0.25) is 0 Å². The smallest absolute Gasteiger partial charge is 0.186 e. The lowest BCUT2D eigenvalue weighted by atomic mass is 9.91. The quantitative estimate of drug-likeness (QED) is 0.437. The third-order valence-corrected chi connectivity index (χ3v) is 5.70. The van der Waals surface area contributed by atoms with Gasteiger partial charge in [0.15, 0.2) is 6.29 Å². The summed E-state index contributed by atoms with van der Waals surface area (Å²) in [6, 6.07) is 19.9. The molecule has 1 aliphatic heterocycles. The first-order valence-electron chi connectivity index (χ1n) is 11.2. The minimum absolute atomic E-state index is 0.191. The highest BCUT2D eigenvalue weighted by Gasteiger charge is 2.50. The summed E-state index contributed by atoms with van der Waals surface area (Å²) in [7, 11) is 1.58. The molecule has 0 bridgehead atoms. The van der Waals surface area contributed by atoms with Crippen LogP contribution >= 0.6 is 0 Å². The summed E-state index contributed by atoms with van der Waals surface area (Å²) >= 11 is 0. The predicted octanol–water partition coefficient (Wildman–Crippen LogP) is 3.89. The van der Waals surface area contributed by atoms with E-state index < -0.39 is 30.7 Å². The molecule has 0 unspecified atom stereocenters. The van der Waals surface area contributed by atoms with Crippen molar-refractivity contribution in [1.29, 1.82) is 0 Å². The van der Waals surface area contributed by atoms with Gasteiger partial charge < -0.3 is 28.8 Å². The van der Waals surface area contributed by atoms with Gasteiger partial charge in [-0.1, -0.05) is 72.8 Å². The molecule has 1 saturated heterocycles. The number of rotatable bonds is 14. The van der Waals surface area contributed by atoms with Crippen LogP contribution in [-0.2, 0) is 36.9 Å². The first-order valence-corrected chi connectivity index (χ1v) is 11.2. The molecular weight excluding hydrogens is 420 g/mol. The van der Waals surface area contributed by atoms with Gasteiger partial charge in [0.05, 0.1) is 38.6 Å². The van der Waals surface area contributed by atoms with E-state index in [1.54, 1.807) is 19.3 Å². The summed E-state index contributed by atoms with van der Waals surface area (Å²) in [5, 5.41) is 9.98. The molecule has 2 aromatic rings. The molecule has 1 N–H and O–H groups in total. The molecule has 0 spiro atoms. The van der Waals surface area contributed by atoms with Gasteiger partial charge in [-0.05, 0) is 11.1 Å². The Bertz CT molecular complexity index is 827. The fraction of sp³-hybridized carbons (Fsp3) is 0.407. The molecule has 1 aliphatic rings. The van der Waals surface area contributed by atoms with Crippen molar-refractivity contribution in [2.24, 2.45) is 5.92 Å². The number of aliphatic hydroxyl groups is 1. The van der Waals surface area contributed by atoms with Gasteiger partial charge in [0.1, 0.15) is 12.2 Å². The van der Waals surface area contributed by atoms with Crippen LogP contribution in [0, 0.1) is 5.92 Å². The van der Waals surface area contributed by atoms with E-state index in [1.807, 2.05) is 60.7 Å². The van der Waals surface area contributed by atoms with E-state index in [4.69, 9.17) is 23.7 Å². The highest BCUT2D eigenvalue weighted by Crippen LogP contribution is 2.35. The second-order valence-electron chi connectivity index (χ2n) is 7.88. The Kier molecular flexibility index (Phi) is 10.3. The second-order valence-corrected chi connectivity index (χ2v) is 7.88. The van der Waals surface area contributed by atoms with Gasteiger partial charge in [-0.2, -0.15) is 0 Å². The highest BCUT2D eigenvalue weighted by atomic mass is 16.7. The van der Waals surface area contributed by atoms with E-state index in [-0.39, 0.29) is 12.5 Å². The molecule has 178 valence electrons. The van der Waals surface area contributed by atoms with E-state index in [2.05, 4.69) is 13.2 Å². The minimum Gasteiger partial charge on any atom is -0.394 e. The van der Waals surface area contributed by atoms with Crippen molar-refractivity contribution in [2.75, 3.05) is 20.3 Å². The van der Waals surface area contributed by atoms with Crippen LogP contribution in [0.1, 0.15) is 11.1 Å². The lowest BCUT2D eigenvalue weighted by molar-refractivity contribution is -0.173. The average molecular weight is 455 g/mol. The van der Waals surface area contributed by atoms with Gasteiger partial charge >= 0.3 is 0 Å². The minimum atomic E-state index is -0.638. The SMILES string of the molecule is C=CCO[C@@H](CO)[C@@H](C=C)[C@H]1O[C@@H](OC)[C@H](OCc2ccccc2)[C@@H]1OCc1ccccc1. The van der Waals surface area contributed by atoms with Crippen molar-refractivity contribution in [3.63, 3.8) is 0 Å². The molecule has 0 saturated carbocycles. The van der Waals surface area contributed by atoms with Crippen molar-refractivity contribution in [3.8, 4) is 0 Å². The number of ether oxygens (including phenoxy) is 5. The number of benzene rings is 2. The molecule has 33 heavy (non-hydrogen) atoms. The van der Waals surface area contributed by atoms with Crippen LogP contribution in [0.2, 0.25) is 0 Å². The van der Waals surface area contributed by atoms with Crippen molar-refractivity contribution in [2.45, 2.75) is 43.9 Å². The molecule has 0 amide bonds. The summed E-state index contributed by atoms with van der Waals surface area (Å²) in [6.45, 7) is 8.55. The Labute approximate surface area is 196 Å². The van der Waals surface area contributed by atoms with Crippen molar-refractivity contribution < 1.29 is 28.8 Å². The molecular formula is C27H34O6. The summed E-state index contributed by atoms with van der Waals surface area (Å²) in [4.78, 5) is 0. The fourth-order valence-corrected chi connectivity index (χ4v) is 4.02. The lowest BCUT2D eigenvalue weighted by Crippen LogP contribution is -2.44. The predicted molar refractivity (Wildman–Crippen MR) is 126 cm³/mol. The third-order valence-electron chi connectivity index (χ3n) is 5.70. The van der Waals surface area contributed by atoms with E-state index >= 15 is 0 Å². The first-order chi connectivity index (χ1) is 16.2. The Morgan fingerprint density at radius 3 is 2.00 bits per heavy atom. The van der Waals surface area contributed by atoms with Gasteiger partial charge in [-0.25, -0.2) is 0 Å². The van der Waals surface area contributed by atoms with Gasteiger partial charge in [0, 0.05) is 13.0 Å². The number of hydrogen-bond donors (Lipinski definition) is 1. The van der Waals surface area contributed by atoms with Gasteiger partial charge in [0.2, 0.25) is 0 Å². The van der Waals surface area contributed by atoms with Crippen LogP contribution < -0.4 is 0 Å². The zero-order chi connectivity index (χ0) is 23.5. The monoisotopic (exact) mass is 454 g/mol. The van der Waals surface area contributed by atoms with E-state index in [9.17, 15) is 5.11 Å². The van der Waals surface area contributed by atoms with E-state index in [0.717, 1.165) is 11.1 Å². The highest BCUT2D eigenvalue weighted by molar-refractivity contribution is 5.15. The van der Waals surface area contributed by atoms with Crippen LogP contribution in [0.25, 0.3) is 0 Å². The normalized spacial score (nSPS) is 24.3. The maximum Gasteiger partial charge on any atom is 0.186 e. The lowest BCUT2D eigenvalue weighted by Gasteiger charge is -2.31. The molecule has 1 heterocycles. The molecule has 0 radical (unpaired) electrons. The molecule has 0 aliphatic carbocycles. The Morgan fingerprint density at radius 2 is 1.52 bits per heavy atom. The van der Waals surface area contributed by atoms with E-state index in [0.29, 0.717) is 19.8 Å². The Hall–Kier alpha value is -2.32. The largest absolute Gasteiger partial charge is 0.394 e. The summed E-state index contributed by atoms with van der Waals surface area (Å²) in [5.74, 6) is -0.348. The fourth-order valence-electron chi connectivity index (χ4n) is 4.02. The molecule has 6 heteroatoms.